The molecule has 2 aliphatic rings. The Balaban J connectivity index is 1.31. The number of hydrogen-bond donors (Lipinski definition) is 1. The van der Waals surface area contributed by atoms with Gasteiger partial charge in [0.05, 0.1) is 18.3 Å². The van der Waals surface area contributed by atoms with E-state index < -0.39 is 0 Å². The molecule has 8 nitrogen and oxygen atoms in total. The van der Waals surface area contributed by atoms with Gasteiger partial charge in [0.2, 0.25) is 0 Å². The zero-order chi connectivity index (χ0) is 20.7. The number of aromatic amines is 1. The molecule has 2 saturated heterocycles. The van der Waals surface area contributed by atoms with Crippen LogP contribution >= 0.6 is 0 Å². The van der Waals surface area contributed by atoms with E-state index >= 15 is 0 Å². The van der Waals surface area contributed by atoms with E-state index in [2.05, 4.69) is 15.0 Å². The lowest BCUT2D eigenvalue weighted by Gasteiger charge is -2.42. The second-order valence-corrected chi connectivity index (χ2v) is 7.94. The Morgan fingerprint density at radius 1 is 1.23 bits per heavy atom. The van der Waals surface area contributed by atoms with Crippen LogP contribution in [0.5, 0.6) is 5.75 Å². The molecule has 0 unspecified atom stereocenters. The monoisotopic (exact) mass is 413 g/mol. The summed E-state index contributed by atoms with van der Waals surface area (Å²) in [4.78, 5) is 22.5. The summed E-state index contributed by atoms with van der Waals surface area (Å²) in [6.07, 6.45) is 3.36. The molecule has 0 amide bonds. The Labute approximate surface area is 172 Å². The van der Waals surface area contributed by atoms with Gasteiger partial charge < -0.3 is 14.5 Å². The van der Waals surface area contributed by atoms with Crippen LogP contribution in [0.3, 0.4) is 0 Å². The van der Waals surface area contributed by atoms with Crippen LogP contribution in [0.15, 0.2) is 35.3 Å². The van der Waals surface area contributed by atoms with Gasteiger partial charge in [-0.05, 0) is 44.0 Å². The number of hydrogen-bond acceptors (Lipinski definition) is 6. The fourth-order valence-electron chi connectivity index (χ4n) is 4.09. The van der Waals surface area contributed by atoms with E-state index in [0.717, 1.165) is 12.8 Å². The summed E-state index contributed by atoms with van der Waals surface area (Å²) in [5, 5.41) is 4.96. The molecule has 0 spiro atoms. The SMILES string of the molecule is C[C@H](c1nc2c(cnn2C2CCOCC2)c(=O)[nH]1)N1CC(Oc2ccc(F)cc2)C1. The van der Waals surface area contributed by atoms with Gasteiger partial charge in [-0.3, -0.25) is 9.69 Å². The number of ether oxygens (including phenoxy) is 2. The Hall–Kier alpha value is -2.78. The molecule has 1 aromatic carbocycles. The summed E-state index contributed by atoms with van der Waals surface area (Å²) in [6, 6.07) is 6.18. The van der Waals surface area contributed by atoms with Crippen molar-refractivity contribution in [2.24, 2.45) is 0 Å². The first-order valence-corrected chi connectivity index (χ1v) is 10.3. The number of H-pyrrole nitrogens is 1. The van der Waals surface area contributed by atoms with Crippen LogP contribution in [0.1, 0.15) is 37.7 Å². The van der Waals surface area contributed by atoms with Crippen LogP contribution < -0.4 is 10.3 Å². The standard InChI is InChI=1S/C21H24FN5O3/c1-13(26-11-17(12-26)30-16-4-2-14(22)3-5-16)19-24-20-18(21(28)25-19)10-23-27(20)15-6-8-29-9-7-15/h2-5,10,13,15,17H,6-9,11-12H2,1H3,(H,24,25,28)/t13-/m1/s1. The van der Waals surface area contributed by atoms with Crippen molar-refractivity contribution in [1.82, 2.24) is 24.6 Å². The smallest absolute Gasteiger partial charge is 0.262 e. The molecule has 9 heteroatoms. The Kier molecular flexibility index (Phi) is 5.00. The highest BCUT2D eigenvalue weighted by molar-refractivity contribution is 5.73. The molecule has 30 heavy (non-hydrogen) atoms. The highest BCUT2D eigenvalue weighted by atomic mass is 19.1. The van der Waals surface area contributed by atoms with Gasteiger partial charge >= 0.3 is 0 Å². The van der Waals surface area contributed by atoms with Crippen LogP contribution in [0.25, 0.3) is 11.0 Å². The average molecular weight is 413 g/mol. The lowest BCUT2D eigenvalue weighted by Crippen LogP contribution is -2.54. The van der Waals surface area contributed by atoms with Gasteiger partial charge in [0.15, 0.2) is 5.65 Å². The fourth-order valence-corrected chi connectivity index (χ4v) is 4.09. The molecule has 158 valence electrons. The van der Waals surface area contributed by atoms with E-state index in [1.165, 1.54) is 12.1 Å². The molecule has 2 aromatic heterocycles. The zero-order valence-electron chi connectivity index (χ0n) is 16.8. The highest BCUT2D eigenvalue weighted by Gasteiger charge is 2.34. The normalized spacial score (nSPS) is 19.7. The molecule has 3 aromatic rings. The molecular formula is C21H24FN5O3. The van der Waals surface area contributed by atoms with Crippen molar-refractivity contribution >= 4 is 11.0 Å². The van der Waals surface area contributed by atoms with Crippen molar-refractivity contribution in [1.29, 1.82) is 0 Å². The van der Waals surface area contributed by atoms with E-state index in [4.69, 9.17) is 14.5 Å². The maximum atomic E-state index is 13.0. The molecule has 0 saturated carbocycles. The largest absolute Gasteiger partial charge is 0.488 e. The number of aromatic nitrogens is 4. The molecular weight excluding hydrogens is 389 g/mol. The van der Waals surface area contributed by atoms with Crippen LogP contribution in [0, 0.1) is 5.82 Å². The first kappa shape index (κ1) is 19.2. The molecule has 2 aliphatic heterocycles. The molecule has 1 atom stereocenters. The molecule has 2 fully saturated rings. The third-order valence-electron chi connectivity index (χ3n) is 5.95. The minimum Gasteiger partial charge on any atom is -0.488 e. The fraction of sp³-hybridized carbons (Fsp3) is 0.476. The zero-order valence-corrected chi connectivity index (χ0v) is 16.8. The summed E-state index contributed by atoms with van der Waals surface area (Å²) in [7, 11) is 0. The number of nitrogens with one attached hydrogen (secondary N) is 1. The number of rotatable bonds is 5. The van der Waals surface area contributed by atoms with Gasteiger partial charge in [-0.2, -0.15) is 5.10 Å². The summed E-state index contributed by atoms with van der Waals surface area (Å²) in [6.45, 7) is 4.83. The van der Waals surface area contributed by atoms with E-state index in [9.17, 15) is 9.18 Å². The summed E-state index contributed by atoms with van der Waals surface area (Å²) >= 11 is 0. The predicted octanol–water partition coefficient (Wildman–Crippen LogP) is 2.43. The second-order valence-electron chi connectivity index (χ2n) is 7.94. The summed E-state index contributed by atoms with van der Waals surface area (Å²) < 4.78 is 26.2. The van der Waals surface area contributed by atoms with Gasteiger partial charge in [-0.25, -0.2) is 14.1 Å². The lowest BCUT2D eigenvalue weighted by atomic mass is 10.1. The third kappa shape index (κ3) is 3.59. The Morgan fingerprint density at radius 2 is 1.97 bits per heavy atom. The molecule has 0 aliphatic carbocycles. The minimum absolute atomic E-state index is 0.0288. The van der Waals surface area contributed by atoms with E-state index in [1.807, 2.05) is 11.6 Å². The summed E-state index contributed by atoms with van der Waals surface area (Å²) in [5.41, 5.74) is 0.465. The van der Waals surface area contributed by atoms with E-state index in [-0.39, 0.29) is 29.6 Å². The molecule has 0 radical (unpaired) electrons. The van der Waals surface area contributed by atoms with Crippen molar-refractivity contribution in [2.75, 3.05) is 26.3 Å². The minimum atomic E-state index is -0.281. The van der Waals surface area contributed by atoms with Crippen molar-refractivity contribution in [3.63, 3.8) is 0 Å². The Bertz CT molecular complexity index is 1080. The van der Waals surface area contributed by atoms with Crippen molar-refractivity contribution < 1.29 is 13.9 Å². The van der Waals surface area contributed by atoms with Crippen molar-refractivity contribution in [3.05, 3.63) is 52.5 Å². The topological polar surface area (TPSA) is 85.3 Å². The maximum absolute atomic E-state index is 13.0. The maximum Gasteiger partial charge on any atom is 0.262 e. The van der Waals surface area contributed by atoms with Crippen LogP contribution in [-0.4, -0.2) is 57.1 Å². The van der Waals surface area contributed by atoms with Crippen molar-refractivity contribution in [2.45, 2.75) is 38.0 Å². The molecule has 5 rings (SSSR count). The van der Waals surface area contributed by atoms with E-state index in [1.54, 1.807) is 18.3 Å². The second kappa shape index (κ2) is 7.81. The van der Waals surface area contributed by atoms with Gasteiger partial charge in [0.25, 0.3) is 5.56 Å². The van der Waals surface area contributed by atoms with Crippen LogP contribution in [-0.2, 0) is 4.74 Å². The van der Waals surface area contributed by atoms with Crippen LogP contribution in [0.2, 0.25) is 0 Å². The third-order valence-corrected chi connectivity index (χ3v) is 5.95. The molecule has 0 bridgehead atoms. The van der Waals surface area contributed by atoms with Gasteiger partial charge in [-0.15, -0.1) is 0 Å². The van der Waals surface area contributed by atoms with Crippen LogP contribution in [0.4, 0.5) is 4.39 Å². The number of halogens is 1. The quantitative estimate of drug-likeness (QED) is 0.692. The first-order valence-electron chi connectivity index (χ1n) is 10.3. The number of nitrogens with zero attached hydrogens (tertiary/aromatic N) is 4. The average Bonchev–Trinajstić information content (AvgIpc) is 3.16. The first-order chi connectivity index (χ1) is 14.6. The highest BCUT2D eigenvalue weighted by Crippen LogP contribution is 2.28. The number of likely N-dealkylation sites (tertiary alicyclic amines) is 1. The van der Waals surface area contributed by atoms with Gasteiger partial charge in [-0.1, -0.05) is 0 Å². The number of fused-ring (bicyclic) bond motifs is 1. The van der Waals surface area contributed by atoms with E-state index in [0.29, 0.717) is 48.9 Å². The lowest BCUT2D eigenvalue weighted by molar-refractivity contribution is -0.00739. The molecule has 4 heterocycles. The number of benzene rings is 1. The van der Waals surface area contributed by atoms with Gasteiger partial charge in [0, 0.05) is 26.3 Å². The van der Waals surface area contributed by atoms with Gasteiger partial charge in [0.1, 0.15) is 28.9 Å². The Morgan fingerprint density at radius 3 is 2.70 bits per heavy atom. The molecule has 1 N–H and O–H groups in total. The summed E-state index contributed by atoms with van der Waals surface area (Å²) in [5.74, 6) is 1.00. The predicted molar refractivity (Wildman–Crippen MR) is 108 cm³/mol. The van der Waals surface area contributed by atoms with Crippen molar-refractivity contribution in [3.8, 4) is 5.75 Å².